The number of nitrogens with one attached hydrogen (secondary N) is 1. The molecule has 6 nitrogen and oxygen atoms in total. The molecule has 1 saturated heterocycles. The van der Waals surface area contributed by atoms with E-state index in [0.717, 1.165) is 42.4 Å². The van der Waals surface area contributed by atoms with Gasteiger partial charge in [0, 0.05) is 36.9 Å². The molecule has 4 heterocycles. The van der Waals surface area contributed by atoms with E-state index in [1.807, 2.05) is 42.0 Å². The van der Waals surface area contributed by atoms with Gasteiger partial charge in [0.2, 0.25) is 0 Å². The summed E-state index contributed by atoms with van der Waals surface area (Å²) in [6.45, 7) is 7.20. The molecular formula is C19H22N6. The molecule has 1 saturated carbocycles. The van der Waals surface area contributed by atoms with Crippen LogP contribution in [0.1, 0.15) is 24.1 Å². The second kappa shape index (κ2) is 5.26. The number of imidazole rings is 1. The minimum Gasteiger partial charge on any atom is -0.366 e. The molecule has 0 radical (unpaired) electrons. The van der Waals surface area contributed by atoms with Crippen LogP contribution in [0.15, 0.2) is 30.6 Å². The first-order chi connectivity index (χ1) is 12.2. The van der Waals surface area contributed by atoms with E-state index in [4.69, 9.17) is 10.1 Å². The Morgan fingerprint density at radius 3 is 2.84 bits per heavy atom. The Morgan fingerprint density at radius 1 is 1.20 bits per heavy atom. The fourth-order valence-electron chi connectivity index (χ4n) is 3.95. The molecule has 2 fully saturated rings. The zero-order valence-electron chi connectivity index (χ0n) is 14.7. The SMILES string of the molecule is Cc1cn2nc(-c3ccccn3)c(N3CCNC4(CC4)C3)c(C)c2n1. The minimum absolute atomic E-state index is 0.309. The van der Waals surface area contributed by atoms with E-state index in [1.165, 1.54) is 24.1 Å². The molecule has 6 heteroatoms. The van der Waals surface area contributed by atoms with Gasteiger partial charge in [0.05, 0.1) is 23.3 Å². The van der Waals surface area contributed by atoms with Crippen LogP contribution in [0.2, 0.25) is 0 Å². The monoisotopic (exact) mass is 334 g/mol. The number of rotatable bonds is 2. The van der Waals surface area contributed by atoms with Gasteiger partial charge in [-0.2, -0.15) is 5.10 Å². The largest absolute Gasteiger partial charge is 0.366 e. The number of anilines is 1. The highest BCUT2D eigenvalue weighted by molar-refractivity contribution is 5.80. The van der Waals surface area contributed by atoms with Gasteiger partial charge in [-0.1, -0.05) is 6.07 Å². The van der Waals surface area contributed by atoms with Crippen molar-refractivity contribution in [3.05, 3.63) is 41.9 Å². The smallest absolute Gasteiger partial charge is 0.158 e. The first-order valence-corrected chi connectivity index (χ1v) is 8.93. The van der Waals surface area contributed by atoms with Gasteiger partial charge in [-0.3, -0.25) is 4.98 Å². The molecule has 1 aliphatic carbocycles. The van der Waals surface area contributed by atoms with Crippen LogP contribution in [0.25, 0.3) is 17.0 Å². The summed E-state index contributed by atoms with van der Waals surface area (Å²) in [6.07, 6.45) is 6.34. The second-order valence-electron chi connectivity index (χ2n) is 7.32. The van der Waals surface area contributed by atoms with E-state index in [1.54, 1.807) is 0 Å². The maximum absolute atomic E-state index is 4.90. The lowest BCUT2D eigenvalue weighted by Gasteiger charge is -2.37. The zero-order valence-corrected chi connectivity index (χ0v) is 14.7. The van der Waals surface area contributed by atoms with Crippen molar-refractivity contribution in [1.82, 2.24) is 24.9 Å². The number of aryl methyl sites for hydroxylation is 2. The standard InChI is InChI=1S/C19H22N6/c1-13-11-25-18(22-13)14(2)17(16(23-25)15-5-3-4-8-20-15)24-10-9-21-19(12-24)6-7-19/h3-5,8,11,21H,6-7,9-10,12H2,1-2H3. The minimum atomic E-state index is 0.309. The van der Waals surface area contributed by atoms with Crippen molar-refractivity contribution < 1.29 is 0 Å². The van der Waals surface area contributed by atoms with Gasteiger partial charge in [-0.05, 0) is 38.8 Å². The average molecular weight is 334 g/mol. The molecule has 1 N–H and O–H groups in total. The van der Waals surface area contributed by atoms with E-state index in [-0.39, 0.29) is 0 Å². The third-order valence-corrected chi connectivity index (χ3v) is 5.38. The molecule has 1 spiro atoms. The summed E-state index contributed by atoms with van der Waals surface area (Å²) in [6, 6.07) is 6.00. The van der Waals surface area contributed by atoms with Crippen molar-refractivity contribution in [1.29, 1.82) is 0 Å². The highest BCUT2D eigenvalue weighted by Gasteiger charge is 2.46. The van der Waals surface area contributed by atoms with E-state index in [0.29, 0.717) is 5.54 Å². The molecule has 2 aliphatic rings. The maximum Gasteiger partial charge on any atom is 0.158 e. The van der Waals surface area contributed by atoms with Crippen LogP contribution in [0.3, 0.4) is 0 Å². The lowest BCUT2D eigenvalue weighted by atomic mass is 10.1. The summed E-state index contributed by atoms with van der Waals surface area (Å²) in [5.74, 6) is 0. The Balaban J connectivity index is 1.73. The number of nitrogens with zero attached hydrogens (tertiary/aromatic N) is 5. The van der Waals surface area contributed by atoms with Crippen molar-refractivity contribution >= 4 is 11.3 Å². The third kappa shape index (κ3) is 2.40. The van der Waals surface area contributed by atoms with Crippen molar-refractivity contribution in [2.45, 2.75) is 32.2 Å². The fourth-order valence-corrected chi connectivity index (χ4v) is 3.95. The van der Waals surface area contributed by atoms with Crippen molar-refractivity contribution in [3.63, 3.8) is 0 Å². The van der Waals surface area contributed by atoms with Gasteiger partial charge in [-0.25, -0.2) is 9.50 Å². The number of aromatic nitrogens is 4. The van der Waals surface area contributed by atoms with Crippen LogP contribution in [0, 0.1) is 13.8 Å². The number of hydrogen-bond acceptors (Lipinski definition) is 5. The summed E-state index contributed by atoms with van der Waals surface area (Å²) in [5, 5.41) is 8.59. The number of hydrogen-bond donors (Lipinski definition) is 1. The van der Waals surface area contributed by atoms with Crippen molar-refractivity contribution in [3.8, 4) is 11.4 Å². The molecule has 0 unspecified atom stereocenters. The van der Waals surface area contributed by atoms with Gasteiger partial charge >= 0.3 is 0 Å². The molecule has 3 aromatic rings. The molecule has 0 bridgehead atoms. The number of pyridine rings is 1. The molecule has 128 valence electrons. The van der Waals surface area contributed by atoms with Gasteiger partial charge in [0.15, 0.2) is 5.65 Å². The molecule has 1 aliphatic heterocycles. The quantitative estimate of drug-likeness (QED) is 0.780. The third-order valence-electron chi connectivity index (χ3n) is 5.38. The van der Waals surface area contributed by atoms with Crippen molar-refractivity contribution in [2.24, 2.45) is 0 Å². The molecule has 5 rings (SSSR count). The van der Waals surface area contributed by atoms with Crippen LogP contribution >= 0.6 is 0 Å². The second-order valence-corrected chi connectivity index (χ2v) is 7.32. The van der Waals surface area contributed by atoms with Crippen LogP contribution < -0.4 is 10.2 Å². The first kappa shape index (κ1) is 14.8. The Morgan fingerprint density at radius 2 is 2.08 bits per heavy atom. The van der Waals surface area contributed by atoms with Crippen LogP contribution in [-0.4, -0.2) is 44.8 Å². The Kier molecular flexibility index (Phi) is 3.12. The molecule has 0 atom stereocenters. The number of fused-ring (bicyclic) bond motifs is 1. The van der Waals surface area contributed by atoms with Gasteiger partial charge < -0.3 is 10.2 Å². The molecular weight excluding hydrogens is 312 g/mol. The van der Waals surface area contributed by atoms with Crippen LogP contribution in [-0.2, 0) is 0 Å². The molecule has 3 aromatic heterocycles. The zero-order chi connectivity index (χ0) is 17.0. The Bertz CT molecular complexity index is 941. The summed E-state index contributed by atoms with van der Waals surface area (Å²) >= 11 is 0. The average Bonchev–Trinajstić information content (AvgIpc) is 3.24. The summed E-state index contributed by atoms with van der Waals surface area (Å²) in [7, 11) is 0. The van der Waals surface area contributed by atoms with Crippen LogP contribution in [0.5, 0.6) is 0 Å². The van der Waals surface area contributed by atoms with E-state index < -0.39 is 0 Å². The van der Waals surface area contributed by atoms with E-state index in [2.05, 4.69) is 22.1 Å². The normalized spacial score (nSPS) is 18.9. The molecule has 0 aromatic carbocycles. The predicted molar refractivity (Wildman–Crippen MR) is 97.9 cm³/mol. The Labute approximate surface area is 146 Å². The lowest BCUT2D eigenvalue weighted by molar-refractivity contribution is 0.442. The highest BCUT2D eigenvalue weighted by atomic mass is 15.3. The lowest BCUT2D eigenvalue weighted by Crippen LogP contribution is -2.53. The van der Waals surface area contributed by atoms with Crippen molar-refractivity contribution in [2.75, 3.05) is 24.5 Å². The topological polar surface area (TPSA) is 58.4 Å². The van der Waals surface area contributed by atoms with Gasteiger partial charge in [0.1, 0.15) is 5.69 Å². The fraction of sp³-hybridized carbons (Fsp3) is 0.421. The Hall–Kier alpha value is -2.47. The summed E-state index contributed by atoms with van der Waals surface area (Å²) < 4.78 is 1.90. The van der Waals surface area contributed by atoms with Gasteiger partial charge in [0.25, 0.3) is 0 Å². The maximum atomic E-state index is 4.90. The molecule has 25 heavy (non-hydrogen) atoms. The van der Waals surface area contributed by atoms with E-state index in [9.17, 15) is 0 Å². The highest BCUT2D eigenvalue weighted by Crippen LogP contribution is 2.41. The first-order valence-electron chi connectivity index (χ1n) is 8.93. The predicted octanol–water partition coefficient (Wildman–Crippen LogP) is 2.35. The summed E-state index contributed by atoms with van der Waals surface area (Å²) in [5.41, 5.74) is 6.46. The van der Waals surface area contributed by atoms with Crippen LogP contribution in [0.4, 0.5) is 5.69 Å². The molecule has 0 amide bonds. The van der Waals surface area contributed by atoms with E-state index >= 15 is 0 Å². The van der Waals surface area contributed by atoms with Gasteiger partial charge in [-0.15, -0.1) is 0 Å². The number of piperazine rings is 1. The summed E-state index contributed by atoms with van der Waals surface area (Å²) in [4.78, 5) is 11.8.